The average molecular weight is 233 g/mol. The lowest BCUT2D eigenvalue weighted by molar-refractivity contribution is -0.116. The molecule has 0 aliphatic heterocycles. The maximum Gasteiger partial charge on any atom is 0.244 e. The van der Waals surface area contributed by atoms with Crippen molar-refractivity contribution in [2.24, 2.45) is 5.92 Å². The van der Waals surface area contributed by atoms with Crippen molar-refractivity contribution in [3.8, 4) is 0 Å². The Labute approximate surface area is 99.6 Å². The minimum atomic E-state index is -0.158. The largest absolute Gasteiger partial charge is 0.465 e. The third kappa shape index (κ3) is 3.32. The number of hydrogen-bond donors (Lipinski definition) is 2. The van der Waals surface area contributed by atoms with Crippen molar-refractivity contribution in [3.63, 3.8) is 0 Å². The molecular formula is C13H15NO3. The van der Waals surface area contributed by atoms with Crippen LogP contribution in [0.5, 0.6) is 0 Å². The van der Waals surface area contributed by atoms with Gasteiger partial charge in [-0.05, 0) is 24.6 Å². The van der Waals surface area contributed by atoms with Crippen molar-refractivity contribution in [3.05, 3.63) is 42.4 Å². The van der Waals surface area contributed by atoms with Crippen LogP contribution in [0.2, 0.25) is 0 Å². The Bertz CT molecular complexity index is 420. The zero-order chi connectivity index (χ0) is 12.1. The van der Waals surface area contributed by atoms with E-state index in [9.17, 15) is 4.79 Å². The second kappa shape index (κ2) is 5.50. The van der Waals surface area contributed by atoms with Crippen LogP contribution < -0.4 is 5.32 Å². The summed E-state index contributed by atoms with van der Waals surface area (Å²) >= 11 is 0. The molecule has 2 atom stereocenters. The lowest BCUT2D eigenvalue weighted by Crippen LogP contribution is -2.31. The lowest BCUT2D eigenvalue weighted by atomic mass is 10.1. The van der Waals surface area contributed by atoms with Crippen LogP contribution >= 0.6 is 0 Å². The minimum absolute atomic E-state index is 0.0147. The number of hydrogen-bond acceptors (Lipinski definition) is 3. The van der Waals surface area contributed by atoms with E-state index in [0.29, 0.717) is 5.76 Å². The van der Waals surface area contributed by atoms with Crippen molar-refractivity contribution in [2.45, 2.75) is 12.5 Å². The molecule has 0 aromatic carbocycles. The highest BCUT2D eigenvalue weighted by Crippen LogP contribution is 2.16. The Kier molecular flexibility index (Phi) is 3.77. The summed E-state index contributed by atoms with van der Waals surface area (Å²) in [7, 11) is 0. The fraction of sp³-hybridized carbons (Fsp3) is 0.308. The molecule has 0 spiro atoms. The van der Waals surface area contributed by atoms with E-state index in [1.807, 2.05) is 12.2 Å². The van der Waals surface area contributed by atoms with Crippen molar-refractivity contribution in [1.82, 2.24) is 5.32 Å². The molecule has 1 aliphatic carbocycles. The Morgan fingerprint density at radius 2 is 2.47 bits per heavy atom. The molecule has 1 aromatic heterocycles. The van der Waals surface area contributed by atoms with Gasteiger partial charge in [0.25, 0.3) is 0 Å². The summed E-state index contributed by atoms with van der Waals surface area (Å²) in [5.41, 5.74) is 0. The summed E-state index contributed by atoms with van der Waals surface area (Å²) in [6, 6.07) is 3.56. The second-order valence-electron chi connectivity index (χ2n) is 4.03. The summed E-state index contributed by atoms with van der Waals surface area (Å²) in [6.07, 6.45) is 9.23. The first-order valence-electron chi connectivity index (χ1n) is 5.59. The lowest BCUT2D eigenvalue weighted by Gasteiger charge is -2.10. The highest BCUT2D eigenvalue weighted by molar-refractivity contribution is 5.91. The Morgan fingerprint density at radius 1 is 1.59 bits per heavy atom. The van der Waals surface area contributed by atoms with Gasteiger partial charge in [-0.2, -0.15) is 0 Å². The summed E-state index contributed by atoms with van der Waals surface area (Å²) in [5.74, 6) is 0.652. The molecule has 1 amide bonds. The average Bonchev–Trinajstić information content (AvgIpc) is 2.97. The molecule has 1 aliphatic rings. The summed E-state index contributed by atoms with van der Waals surface area (Å²) in [4.78, 5) is 11.6. The van der Waals surface area contributed by atoms with Crippen LogP contribution in [0.3, 0.4) is 0 Å². The first-order chi connectivity index (χ1) is 8.28. The molecule has 0 fully saturated rings. The Morgan fingerprint density at radius 3 is 3.12 bits per heavy atom. The van der Waals surface area contributed by atoms with Gasteiger partial charge < -0.3 is 14.8 Å². The smallest absolute Gasteiger partial charge is 0.244 e. The van der Waals surface area contributed by atoms with E-state index in [1.54, 1.807) is 24.5 Å². The number of carbonyl (C=O) groups excluding carboxylic acids is 1. The molecule has 17 heavy (non-hydrogen) atoms. The van der Waals surface area contributed by atoms with Crippen LogP contribution in [0.25, 0.3) is 6.08 Å². The minimum Gasteiger partial charge on any atom is -0.465 e. The summed E-state index contributed by atoms with van der Waals surface area (Å²) in [6.45, 7) is 0.130. The van der Waals surface area contributed by atoms with Gasteiger partial charge in [-0.1, -0.05) is 12.2 Å². The van der Waals surface area contributed by atoms with Gasteiger partial charge in [-0.15, -0.1) is 0 Å². The highest BCUT2D eigenvalue weighted by atomic mass is 16.3. The molecule has 0 saturated heterocycles. The van der Waals surface area contributed by atoms with E-state index < -0.39 is 0 Å². The van der Waals surface area contributed by atoms with Crippen molar-refractivity contribution >= 4 is 12.0 Å². The molecule has 2 rings (SSSR count). The van der Waals surface area contributed by atoms with Gasteiger partial charge in [0, 0.05) is 24.6 Å². The van der Waals surface area contributed by atoms with Gasteiger partial charge in [0.15, 0.2) is 0 Å². The fourth-order valence-corrected chi connectivity index (χ4v) is 1.79. The monoisotopic (exact) mass is 233 g/mol. The van der Waals surface area contributed by atoms with Gasteiger partial charge >= 0.3 is 0 Å². The third-order valence-electron chi connectivity index (χ3n) is 2.68. The molecule has 0 radical (unpaired) electrons. The van der Waals surface area contributed by atoms with E-state index >= 15 is 0 Å². The van der Waals surface area contributed by atoms with Crippen LogP contribution in [0.4, 0.5) is 0 Å². The molecule has 4 heteroatoms. The number of furan rings is 1. The van der Waals surface area contributed by atoms with Crippen LogP contribution in [0, 0.1) is 5.92 Å². The van der Waals surface area contributed by atoms with E-state index in [2.05, 4.69) is 5.32 Å². The molecule has 90 valence electrons. The van der Waals surface area contributed by atoms with E-state index in [4.69, 9.17) is 9.52 Å². The molecule has 2 N–H and O–H groups in total. The first-order valence-corrected chi connectivity index (χ1v) is 5.59. The first kappa shape index (κ1) is 11.7. The number of nitrogens with one attached hydrogen (secondary N) is 1. The number of aliphatic hydroxyl groups excluding tert-OH is 1. The highest BCUT2D eigenvalue weighted by Gasteiger charge is 2.18. The van der Waals surface area contributed by atoms with E-state index in [0.717, 1.165) is 6.42 Å². The Balaban J connectivity index is 1.80. The molecule has 1 heterocycles. The maximum absolute atomic E-state index is 11.6. The van der Waals surface area contributed by atoms with Gasteiger partial charge in [0.1, 0.15) is 5.76 Å². The molecule has 0 saturated carbocycles. The fourth-order valence-electron chi connectivity index (χ4n) is 1.79. The molecular weight excluding hydrogens is 218 g/mol. The SMILES string of the molecule is O=C(/C=C/c1ccco1)N[C@@H]1C=C[C@H](CO)C1. The predicted octanol–water partition coefficient (Wildman–Crippen LogP) is 1.35. The van der Waals surface area contributed by atoms with Crippen LogP contribution in [0.1, 0.15) is 12.2 Å². The second-order valence-corrected chi connectivity index (χ2v) is 4.03. The summed E-state index contributed by atoms with van der Waals surface area (Å²) in [5, 5.41) is 11.8. The van der Waals surface area contributed by atoms with Gasteiger partial charge in [0.05, 0.1) is 6.26 Å². The van der Waals surface area contributed by atoms with Crippen LogP contribution in [0.15, 0.2) is 41.0 Å². The van der Waals surface area contributed by atoms with Crippen molar-refractivity contribution in [2.75, 3.05) is 6.61 Å². The van der Waals surface area contributed by atoms with Gasteiger partial charge in [0.2, 0.25) is 5.91 Å². The van der Waals surface area contributed by atoms with Gasteiger partial charge in [-0.3, -0.25) is 4.79 Å². The quantitative estimate of drug-likeness (QED) is 0.609. The van der Waals surface area contributed by atoms with E-state index in [-0.39, 0.29) is 24.5 Å². The number of carbonyl (C=O) groups is 1. The van der Waals surface area contributed by atoms with Crippen LogP contribution in [-0.2, 0) is 4.79 Å². The summed E-state index contributed by atoms with van der Waals surface area (Å²) < 4.78 is 5.07. The van der Waals surface area contributed by atoms with Crippen molar-refractivity contribution < 1.29 is 14.3 Å². The topological polar surface area (TPSA) is 62.5 Å². The van der Waals surface area contributed by atoms with E-state index in [1.165, 1.54) is 6.08 Å². The molecule has 4 nitrogen and oxygen atoms in total. The Hall–Kier alpha value is -1.81. The molecule has 1 aromatic rings. The van der Waals surface area contributed by atoms with Gasteiger partial charge in [-0.25, -0.2) is 0 Å². The zero-order valence-corrected chi connectivity index (χ0v) is 9.37. The maximum atomic E-state index is 11.6. The van der Waals surface area contributed by atoms with Crippen molar-refractivity contribution in [1.29, 1.82) is 0 Å². The molecule has 0 bridgehead atoms. The predicted molar refractivity (Wildman–Crippen MR) is 64.0 cm³/mol. The number of aliphatic hydroxyl groups is 1. The zero-order valence-electron chi connectivity index (χ0n) is 9.37. The molecule has 0 unspecified atom stereocenters. The number of amides is 1. The number of rotatable bonds is 4. The normalized spacial score (nSPS) is 23.4. The van der Waals surface area contributed by atoms with Crippen LogP contribution in [-0.4, -0.2) is 23.7 Å². The standard InChI is InChI=1S/C13H15NO3/c15-9-10-3-4-11(8-10)14-13(16)6-5-12-2-1-7-17-12/h1-7,10-11,15H,8-9H2,(H,14,16)/b6-5+/t10-,11+/m0/s1. The third-order valence-corrected chi connectivity index (χ3v) is 2.68.